The van der Waals surface area contributed by atoms with E-state index in [2.05, 4.69) is 15.1 Å². The minimum absolute atomic E-state index is 0.0172. The SMILES string of the molecule is Cc1cc(C)n(CC(=O)N2CCC(c3nc(C)no3)N(C(=O)C3CCCC3)CC2)c(=O)n1. The van der Waals surface area contributed by atoms with Gasteiger partial charge in [0.2, 0.25) is 17.7 Å². The predicted octanol–water partition coefficient (Wildman–Crippen LogP) is 1.54. The zero-order chi connectivity index (χ0) is 22.8. The third kappa shape index (κ3) is 4.58. The first-order valence-electron chi connectivity index (χ1n) is 11.3. The normalized spacial score (nSPS) is 19.9. The van der Waals surface area contributed by atoms with Gasteiger partial charge in [-0.15, -0.1) is 0 Å². The van der Waals surface area contributed by atoms with E-state index in [1.165, 1.54) is 4.57 Å². The molecule has 1 saturated carbocycles. The summed E-state index contributed by atoms with van der Waals surface area (Å²) in [5, 5.41) is 3.90. The highest BCUT2D eigenvalue weighted by Gasteiger charge is 2.37. The minimum atomic E-state index is -0.428. The molecular weight excluding hydrogens is 412 g/mol. The third-order valence-electron chi connectivity index (χ3n) is 6.47. The van der Waals surface area contributed by atoms with Gasteiger partial charge in [-0.1, -0.05) is 18.0 Å². The summed E-state index contributed by atoms with van der Waals surface area (Å²) in [5.74, 6) is 0.887. The first-order valence-corrected chi connectivity index (χ1v) is 11.3. The molecule has 10 nitrogen and oxygen atoms in total. The van der Waals surface area contributed by atoms with Crippen molar-refractivity contribution in [3.63, 3.8) is 0 Å². The van der Waals surface area contributed by atoms with Crippen LogP contribution in [0, 0.1) is 26.7 Å². The second-order valence-corrected chi connectivity index (χ2v) is 8.79. The Hall–Kier alpha value is -3.04. The van der Waals surface area contributed by atoms with Gasteiger partial charge in [0.25, 0.3) is 0 Å². The summed E-state index contributed by atoms with van der Waals surface area (Å²) in [6.07, 6.45) is 4.44. The van der Waals surface area contributed by atoms with Gasteiger partial charge in [-0.3, -0.25) is 14.2 Å². The molecule has 0 aromatic carbocycles. The van der Waals surface area contributed by atoms with Crippen LogP contribution < -0.4 is 5.69 Å². The van der Waals surface area contributed by atoms with Gasteiger partial charge in [-0.05, 0) is 46.1 Å². The van der Waals surface area contributed by atoms with Crippen molar-refractivity contribution in [2.24, 2.45) is 5.92 Å². The van der Waals surface area contributed by atoms with Crippen LogP contribution in [0.15, 0.2) is 15.4 Å². The van der Waals surface area contributed by atoms with Crippen molar-refractivity contribution >= 4 is 11.8 Å². The lowest BCUT2D eigenvalue weighted by Crippen LogP contribution is -2.42. The van der Waals surface area contributed by atoms with Crippen LogP contribution in [0.2, 0.25) is 0 Å². The molecular formula is C22H30N6O4. The van der Waals surface area contributed by atoms with E-state index >= 15 is 0 Å². The molecule has 1 aliphatic carbocycles. The summed E-state index contributed by atoms with van der Waals surface area (Å²) in [6.45, 7) is 6.46. The number of carbonyl (C=O) groups excluding carboxylic acids is 2. The average molecular weight is 443 g/mol. The summed E-state index contributed by atoms with van der Waals surface area (Å²) < 4.78 is 6.81. The molecule has 4 rings (SSSR count). The Labute approximate surface area is 186 Å². The third-order valence-corrected chi connectivity index (χ3v) is 6.47. The van der Waals surface area contributed by atoms with Crippen LogP contribution in [0.5, 0.6) is 0 Å². The number of rotatable bonds is 4. The lowest BCUT2D eigenvalue weighted by atomic mass is 10.0. The Bertz CT molecular complexity index is 1050. The second-order valence-electron chi connectivity index (χ2n) is 8.79. The molecule has 0 spiro atoms. The molecule has 2 aromatic heterocycles. The molecule has 2 aliphatic rings. The van der Waals surface area contributed by atoms with Crippen molar-refractivity contribution < 1.29 is 14.1 Å². The smallest absolute Gasteiger partial charge is 0.339 e. The molecule has 1 saturated heterocycles. The summed E-state index contributed by atoms with van der Waals surface area (Å²) in [5.41, 5.74) is 0.899. The lowest BCUT2D eigenvalue weighted by molar-refractivity contribution is -0.139. The van der Waals surface area contributed by atoms with Crippen LogP contribution in [-0.4, -0.2) is 60.9 Å². The van der Waals surface area contributed by atoms with Crippen molar-refractivity contribution in [1.29, 1.82) is 0 Å². The fourth-order valence-corrected chi connectivity index (χ4v) is 4.76. The van der Waals surface area contributed by atoms with Crippen LogP contribution in [0.1, 0.15) is 61.2 Å². The van der Waals surface area contributed by atoms with Gasteiger partial charge in [-0.2, -0.15) is 9.97 Å². The van der Waals surface area contributed by atoms with E-state index in [-0.39, 0.29) is 30.3 Å². The maximum atomic E-state index is 13.3. The van der Waals surface area contributed by atoms with Crippen LogP contribution in [0.4, 0.5) is 0 Å². The summed E-state index contributed by atoms with van der Waals surface area (Å²) in [6, 6.07) is 1.43. The number of carbonyl (C=O) groups is 2. The molecule has 2 amide bonds. The van der Waals surface area contributed by atoms with Crippen molar-refractivity contribution in [2.45, 2.75) is 65.5 Å². The molecule has 32 heavy (non-hydrogen) atoms. The highest BCUT2D eigenvalue weighted by atomic mass is 16.5. The molecule has 1 unspecified atom stereocenters. The monoisotopic (exact) mass is 442 g/mol. The molecule has 2 aromatic rings. The molecule has 1 atom stereocenters. The molecule has 172 valence electrons. The standard InChI is InChI=1S/C22H30N6O4/c1-14-12-15(2)28(22(31)23-14)13-19(29)26-9-8-18(20-24-16(3)25-32-20)27(11-10-26)21(30)17-6-4-5-7-17/h12,17-18H,4-11,13H2,1-3H3. The molecule has 0 radical (unpaired) electrons. The molecule has 10 heteroatoms. The molecule has 0 N–H and O–H groups in total. The maximum absolute atomic E-state index is 13.3. The zero-order valence-electron chi connectivity index (χ0n) is 18.9. The van der Waals surface area contributed by atoms with E-state index in [4.69, 9.17) is 4.52 Å². The fourth-order valence-electron chi connectivity index (χ4n) is 4.76. The minimum Gasteiger partial charge on any atom is -0.339 e. The van der Waals surface area contributed by atoms with E-state index in [0.29, 0.717) is 49.2 Å². The largest absolute Gasteiger partial charge is 0.348 e. The fraction of sp³-hybridized carbons (Fsp3) is 0.636. The van der Waals surface area contributed by atoms with Crippen molar-refractivity contribution in [2.75, 3.05) is 19.6 Å². The van der Waals surface area contributed by atoms with Gasteiger partial charge < -0.3 is 14.3 Å². The lowest BCUT2D eigenvalue weighted by Gasteiger charge is -2.29. The van der Waals surface area contributed by atoms with E-state index in [1.54, 1.807) is 31.7 Å². The van der Waals surface area contributed by atoms with Gasteiger partial charge in [0.15, 0.2) is 5.82 Å². The Balaban J connectivity index is 1.53. The van der Waals surface area contributed by atoms with E-state index < -0.39 is 5.69 Å². The Morgan fingerprint density at radius 1 is 1.06 bits per heavy atom. The summed E-state index contributed by atoms with van der Waals surface area (Å²) >= 11 is 0. The Morgan fingerprint density at radius 2 is 1.81 bits per heavy atom. The van der Waals surface area contributed by atoms with Crippen molar-refractivity contribution in [3.8, 4) is 0 Å². The number of aromatic nitrogens is 4. The predicted molar refractivity (Wildman–Crippen MR) is 115 cm³/mol. The molecule has 0 bridgehead atoms. The van der Waals surface area contributed by atoms with Crippen LogP contribution in [-0.2, 0) is 16.1 Å². The van der Waals surface area contributed by atoms with Gasteiger partial charge in [0.1, 0.15) is 12.6 Å². The zero-order valence-corrected chi connectivity index (χ0v) is 18.9. The number of amides is 2. The highest BCUT2D eigenvalue weighted by Crippen LogP contribution is 2.32. The van der Waals surface area contributed by atoms with Crippen LogP contribution in [0.3, 0.4) is 0 Å². The number of aryl methyl sites for hydroxylation is 3. The summed E-state index contributed by atoms with van der Waals surface area (Å²) in [4.78, 5) is 50.5. The number of nitrogens with zero attached hydrogens (tertiary/aromatic N) is 6. The van der Waals surface area contributed by atoms with E-state index in [0.717, 1.165) is 25.7 Å². The van der Waals surface area contributed by atoms with Crippen molar-refractivity contribution in [3.05, 3.63) is 39.7 Å². The van der Waals surface area contributed by atoms with Crippen LogP contribution in [0.25, 0.3) is 0 Å². The van der Waals surface area contributed by atoms with Gasteiger partial charge in [0, 0.05) is 36.9 Å². The average Bonchev–Trinajstić information content (AvgIpc) is 3.37. The van der Waals surface area contributed by atoms with Crippen molar-refractivity contribution in [1.82, 2.24) is 29.5 Å². The van der Waals surface area contributed by atoms with Gasteiger partial charge in [0.05, 0.1) is 0 Å². The Kier molecular flexibility index (Phi) is 6.38. The first kappa shape index (κ1) is 22.2. The van der Waals surface area contributed by atoms with E-state index in [9.17, 15) is 14.4 Å². The second kappa shape index (κ2) is 9.22. The highest BCUT2D eigenvalue weighted by molar-refractivity contribution is 5.80. The molecule has 2 fully saturated rings. The number of hydrogen-bond donors (Lipinski definition) is 0. The molecule has 1 aliphatic heterocycles. The van der Waals surface area contributed by atoms with E-state index in [1.807, 2.05) is 4.90 Å². The van der Waals surface area contributed by atoms with Gasteiger partial charge >= 0.3 is 5.69 Å². The topological polar surface area (TPSA) is 114 Å². The maximum Gasteiger partial charge on any atom is 0.348 e. The summed E-state index contributed by atoms with van der Waals surface area (Å²) in [7, 11) is 0. The quantitative estimate of drug-likeness (QED) is 0.705. The van der Waals surface area contributed by atoms with Crippen LogP contribution >= 0.6 is 0 Å². The van der Waals surface area contributed by atoms with Gasteiger partial charge in [-0.25, -0.2) is 4.79 Å². The first-order chi connectivity index (χ1) is 15.3. The number of hydrogen-bond acceptors (Lipinski definition) is 7. The Morgan fingerprint density at radius 3 is 2.47 bits per heavy atom. The molecule has 3 heterocycles.